The van der Waals surface area contributed by atoms with Crippen molar-refractivity contribution in [3.63, 3.8) is 0 Å². The monoisotopic (exact) mass is 355 g/mol. The van der Waals surface area contributed by atoms with Gasteiger partial charge in [0.1, 0.15) is 11.5 Å². The zero-order valence-electron chi connectivity index (χ0n) is 15.0. The quantitative estimate of drug-likeness (QED) is 0.799. The summed E-state index contributed by atoms with van der Waals surface area (Å²) >= 11 is 0. The molecule has 1 aliphatic heterocycles. The Morgan fingerprint density at radius 1 is 1.23 bits per heavy atom. The van der Waals surface area contributed by atoms with Crippen LogP contribution in [0.2, 0.25) is 0 Å². The lowest BCUT2D eigenvalue weighted by molar-refractivity contribution is -0.123. The van der Waals surface area contributed by atoms with Crippen molar-refractivity contribution < 1.29 is 14.3 Å². The molecule has 6 heteroatoms. The largest absolute Gasteiger partial charge is 0.494 e. The molecule has 0 saturated carbocycles. The van der Waals surface area contributed by atoms with E-state index in [0.29, 0.717) is 24.8 Å². The number of amides is 1. The third kappa shape index (κ3) is 5.20. The topological polar surface area (TPSA) is 72.5 Å². The Bertz CT molecular complexity index is 712. The molecule has 0 aliphatic carbocycles. The van der Waals surface area contributed by atoms with Gasteiger partial charge in [-0.2, -0.15) is 0 Å². The molecule has 1 aromatic carbocycles. The minimum atomic E-state index is -0.0786. The molecule has 26 heavy (non-hydrogen) atoms. The molecule has 138 valence electrons. The van der Waals surface area contributed by atoms with Gasteiger partial charge in [0.05, 0.1) is 12.6 Å². The van der Waals surface area contributed by atoms with Crippen LogP contribution in [0, 0.1) is 0 Å². The van der Waals surface area contributed by atoms with Crippen molar-refractivity contribution in [2.75, 3.05) is 13.2 Å². The second-order valence-electron chi connectivity index (χ2n) is 6.23. The van der Waals surface area contributed by atoms with Crippen LogP contribution in [0.25, 0.3) is 0 Å². The van der Waals surface area contributed by atoms with Crippen LogP contribution in [-0.4, -0.2) is 30.1 Å². The molecule has 0 bridgehead atoms. The summed E-state index contributed by atoms with van der Waals surface area (Å²) in [7, 11) is 0. The van der Waals surface area contributed by atoms with Gasteiger partial charge in [-0.3, -0.25) is 4.79 Å². The van der Waals surface area contributed by atoms with Crippen LogP contribution in [0.15, 0.2) is 42.6 Å². The van der Waals surface area contributed by atoms with Crippen LogP contribution < -0.4 is 20.1 Å². The lowest BCUT2D eigenvalue weighted by Crippen LogP contribution is -2.46. The number of benzene rings is 1. The fourth-order valence-electron chi connectivity index (χ4n) is 2.90. The normalized spacial score (nSPS) is 16.7. The Kier molecular flexibility index (Phi) is 6.44. The van der Waals surface area contributed by atoms with Crippen molar-refractivity contribution in [1.82, 2.24) is 15.6 Å². The summed E-state index contributed by atoms with van der Waals surface area (Å²) in [5, 5.41) is 6.23. The molecule has 6 nitrogen and oxygen atoms in total. The average molecular weight is 355 g/mol. The summed E-state index contributed by atoms with van der Waals surface area (Å²) < 4.78 is 11.2. The van der Waals surface area contributed by atoms with E-state index in [-0.39, 0.29) is 11.9 Å². The highest BCUT2D eigenvalue weighted by Gasteiger charge is 2.19. The molecule has 0 radical (unpaired) electrons. The molecular formula is C20H25N3O3. The van der Waals surface area contributed by atoms with E-state index in [9.17, 15) is 4.79 Å². The van der Waals surface area contributed by atoms with Crippen molar-refractivity contribution in [3.05, 3.63) is 48.2 Å². The van der Waals surface area contributed by atoms with Crippen molar-refractivity contribution in [3.8, 4) is 17.4 Å². The van der Waals surface area contributed by atoms with E-state index < -0.39 is 0 Å². The van der Waals surface area contributed by atoms with Crippen LogP contribution >= 0.6 is 0 Å². The van der Waals surface area contributed by atoms with E-state index in [1.165, 1.54) is 0 Å². The average Bonchev–Trinajstić information content (AvgIpc) is 2.69. The van der Waals surface area contributed by atoms with Gasteiger partial charge in [0.15, 0.2) is 0 Å². The Balaban J connectivity index is 1.54. The molecule has 2 N–H and O–H groups in total. The number of nitrogens with one attached hydrogen (secondary N) is 2. The van der Waals surface area contributed by atoms with Crippen molar-refractivity contribution in [1.29, 1.82) is 0 Å². The van der Waals surface area contributed by atoms with Gasteiger partial charge in [-0.15, -0.1) is 0 Å². The maximum absolute atomic E-state index is 12.2. The van der Waals surface area contributed by atoms with E-state index in [1.807, 2.05) is 43.3 Å². The van der Waals surface area contributed by atoms with Gasteiger partial charge in [-0.05, 0) is 62.2 Å². The van der Waals surface area contributed by atoms with Crippen LogP contribution in [0.3, 0.4) is 0 Å². The number of hydrogen-bond acceptors (Lipinski definition) is 5. The number of carbonyl (C=O) groups excluding carboxylic acids is 1. The fraction of sp³-hybridized carbons (Fsp3) is 0.400. The summed E-state index contributed by atoms with van der Waals surface area (Å²) in [6.45, 7) is 3.95. The lowest BCUT2D eigenvalue weighted by atomic mass is 10.0. The van der Waals surface area contributed by atoms with Gasteiger partial charge in [0.2, 0.25) is 11.8 Å². The minimum absolute atomic E-state index is 0.0514. The standard InChI is InChI=1S/C20H25N3O3/c1-2-25-16-6-8-17(9-7-16)26-19-13-15(10-12-22-19)14-23-20(24)18-5-3-4-11-21-18/h6-10,12-13,18,21H,2-5,11,14H2,1H3,(H,23,24)/t18-/m1/s1. The fourth-order valence-corrected chi connectivity index (χ4v) is 2.90. The van der Waals surface area contributed by atoms with E-state index >= 15 is 0 Å². The van der Waals surface area contributed by atoms with Gasteiger partial charge in [-0.1, -0.05) is 6.42 Å². The number of rotatable bonds is 7. The molecule has 1 fully saturated rings. The van der Waals surface area contributed by atoms with E-state index in [0.717, 1.165) is 37.1 Å². The highest BCUT2D eigenvalue weighted by atomic mass is 16.5. The van der Waals surface area contributed by atoms with E-state index in [1.54, 1.807) is 6.20 Å². The Morgan fingerprint density at radius 3 is 2.77 bits per heavy atom. The number of pyridine rings is 1. The van der Waals surface area contributed by atoms with Gasteiger partial charge < -0.3 is 20.1 Å². The van der Waals surface area contributed by atoms with E-state index in [4.69, 9.17) is 9.47 Å². The number of ether oxygens (including phenoxy) is 2. The number of piperidine rings is 1. The van der Waals surface area contributed by atoms with Crippen LogP contribution in [0.4, 0.5) is 0 Å². The zero-order valence-corrected chi connectivity index (χ0v) is 15.0. The molecule has 0 spiro atoms. The smallest absolute Gasteiger partial charge is 0.237 e. The van der Waals surface area contributed by atoms with Crippen LogP contribution in [0.5, 0.6) is 17.4 Å². The molecular weight excluding hydrogens is 330 g/mol. The lowest BCUT2D eigenvalue weighted by Gasteiger charge is -2.22. The van der Waals surface area contributed by atoms with E-state index in [2.05, 4.69) is 15.6 Å². The van der Waals surface area contributed by atoms with Crippen molar-refractivity contribution >= 4 is 5.91 Å². The summed E-state index contributed by atoms with van der Waals surface area (Å²) in [5.41, 5.74) is 0.949. The van der Waals surface area contributed by atoms with Gasteiger partial charge in [0.25, 0.3) is 0 Å². The summed E-state index contributed by atoms with van der Waals surface area (Å²) in [5.74, 6) is 2.04. The van der Waals surface area contributed by atoms with Crippen molar-refractivity contribution in [2.24, 2.45) is 0 Å². The predicted molar refractivity (Wildman–Crippen MR) is 99.4 cm³/mol. The molecule has 3 rings (SSSR count). The van der Waals surface area contributed by atoms with Gasteiger partial charge >= 0.3 is 0 Å². The first-order valence-corrected chi connectivity index (χ1v) is 9.11. The number of carbonyl (C=O) groups is 1. The maximum atomic E-state index is 12.2. The molecule has 1 amide bonds. The molecule has 1 saturated heterocycles. The predicted octanol–water partition coefficient (Wildman–Crippen LogP) is 3.03. The highest BCUT2D eigenvalue weighted by molar-refractivity contribution is 5.81. The molecule has 1 aliphatic rings. The Hall–Kier alpha value is -2.60. The van der Waals surface area contributed by atoms with Gasteiger partial charge in [-0.25, -0.2) is 4.98 Å². The third-order valence-corrected chi connectivity index (χ3v) is 4.25. The Morgan fingerprint density at radius 2 is 2.04 bits per heavy atom. The first kappa shape index (κ1) is 18.2. The first-order chi connectivity index (χ1) is 12.7. The maximum Gasteiger partial charge on any atom is 0.237 e. The molecule has 1 aromatic heterocycles. The molecule has 2 heterocycles. The second-order valence-corrected chi connectivity index (χ2v) is 6.23. The number of aromatic nitrogens is 1. The molecule has 2 aromatic rings. The SMILES string of the molecule is CCOc1ccc(Oc2cc(CNC(=O)[C@H]3CCCCN3)ccn2)cc1. The summed E-state index contributed by atoms with van der Waals surface area (Å²) in [6, 6.07) is 11.0. The summed E-state index contributed by atoms with van der Waals surface area (Å²) in [6.07, 6.45) is 4.82. The van der Waals surface area contributed by atoms with Crippen molar-refractivity contribution in [2.45, 2.75) is 38.8 Å². The van der Waals surface area contributed by atoms with Crippen LogP contribution in [-0.2, 0) is 11.3 Å². The highest BCUT2D eigenvalue weighted by Crippen LogP contribution is 2.23. The first-order valence-electron chi connectivity index (χ1n) is 9.11. The summed E-state index contributed by atoms with van der Waals surface area (Å²) in [4.78, 5) is 16.4. The Labute approximate surface area is 153 Å². The second kappa shape index (κ2) is 9.20. The van der Waals surface area contributed by atoms with Crippen LogP contribution in [0.1, 0.15) is 31.7 Å². The molecule has 1 atom stereocenters. The third-order valence-electron chi connectivity index (χ3n) is 4.25. The molecule has 0 unspecified atom stereocenters. The zero-order chi connectivity index (χ0) is 18.2. The minimum Gasteiger partial charge on any atom is -0.494 e. The number of hydrogen-bond donors (Lipinski definition) is 2. The van der Waals surface area contributed by atoms with Gasteiger partial charge in [0, 0.05) is 18.8 Å². The number of nitrogens with zero attached hydrogens (tertiary/aromatic N) is 1.